The predicted octanol–water partition coefficient (Wildman–Crippen LogP) is 5.08. The van der Waals surface area contributed by atoms with E-state index in [2.05, 4.69) is 0 Å². The van der Waals surface area contributed by atoms with Crippen molar-refractivity contribution >= 4 is 34.3 Å². The highest BCUT2D eigenvalue weighted by Crippen LogP contribution is 2.25. The van der Waals surface area contributed by atoms with E-state index in [1.54, 1.807) is 19.1 Å². The van der Waals surface area contributed by atoms with Crippen molar-refractivity contribution < 1.29 is 18.7 Å². The fourth-order valence-corrected chi connectivity index (χ4v) is 3.25. The molecule has 0 atom stereocenters. The maximum Gasteiger partial charge on any atom is 0.336 e. The highest BCUT2D eigenvalue weighted by molar-refractivity contribution is 6.32. The molecule has 0 amide bonds. The summed E-state index contributed by atoms with van der Waals surface area (Å²) in [6, 6.07) is 10.3. The Hall–Kier alpha value is -2.92. The second-order valence-corrected chi connectivity index (χ2v) is 7.50. The summed E-state index contributed by atoms with van der Waals surface area (Å²) in [5.41, 5.74) is 3.63. The number of carbonyl (C=O) groups is 2. The van der Waals surface area contributed by atoms with Crippen LogP contribution in [-0.4, -0.2) is 11.8 Å². The highest BCUT2D eigenvalue weighted by atomic mass is 35.5. The molecule has 0 aliphatic rings. The molecule has 3 rings (SSSR count). The lowest BCUT2D eigenvalue weighted by molar-refractivity contribution is -0.144. The fourth-order valence-electron chi connectivity index (χ4n) is 3.08. The summed E-state index contributed by atoms with van der Waals surface area (Å²) >= 11 is 6.16. The van der Waals surface area contributed by atoms with Crippen LogP contribution in [0.5, 0.6) is 0 Å². The number of hydrogen-bond donors (Lipinski definition) is 0. The molecule has 29 heavy (non-hydrogen) atoms. The van der Waals surface area contributed by atoms with E-state index in [9.17, 15) is 14.4 Å². The van der Waals surface area contributed by atoms with Gasteiger partial charge in [-0.25, -0.2) is 4.79 Å². The summed E-state index contributed by atoms with van der Waals surface area (Å²) < 4.78 is 10.5. The Morgan fingerprint density at radius 1 is 1.00 bits per heavy atom. The molecule has 1 aromatic heterocycles. The average molecular weight is 413 g/mol. The molecule has 3 aromatic rings. The van der Waals surface area contributed by atoms with Gasteiger partial charge < -0.3 is 9.15 Å². The number of ether oxygens (including phenoxy) is 1. The lowest BCUT2D eigenvalue weighted by Crippen LogP contribution is -2.10. The second kappa shape index (κ2) is 8.62. The third kappa shape index (κ3) is 4.93. The van der Waals surface area contributed by atoms with Crippen LogP contribution in [0.25, 0.3) is 11.0 Å². The van der Waals surface area contributed by atoms with E-state index < -0.39 is 11.6 Å². The molecule has 5 nitrogen and oxygen atoms in total. The topological polar surface area (TPSA) is 73.6 Å². The number of benzene rings is 2. The Kier molecular flexibility index (Phi) is 6.18. The third-order valence-electron chi connectivity index (χ3n) is 4.75. The van der Waals surface area contributed by atoms with Gasteiger partial charge in [-0.05, 0) is 50.1 Å². The largest absolute Gasteiger partial charge is 0.461 e. The van der Waals surface area contributed by atoms with Gasteiger partial charge in [0.05, 0.1) is 6.42 Å². The van der Waals surface area contributed by atoms with Crippen LogP contribution in [0.1, 0.15) is 45.5 Å². The minimum atomic E-state index is -0.532. The summed E-state index contributed by atoms with van der Waals surface area (Å²) in [7, 11) is 0. The fraction of sp³-hybridized carbons (Fsp3) is 0.261. The van der Waals surface area contributed by atoms with E-state index in [1.807, 2.05) is 32.0 Å². The van der Waals surface area contributed by atoms with Crippen molar-refractivity contribution in [2.75, 3.05) is 0 Å². The van der Waals surface area contributed by atoms with Crippen LogP contribution in [0.15, 0.2) is 45.6 Å². The van der Waals surface area contributed by atoms with Gasteiger partial charge >= 0.3 is 11.6 Å². The molecule has 0 saturated carbocycles. The van der Waals surface area contributed by atoms with Gasteiger partial charge in [-0.2, -0.15) is 0 Å². The average Bonchev–Trinajstić information content (AvgIpc) is 2.67. The molecule has 0 N–H and O–H groups in total. The molecule has 0 unspecified atom stereocenters. The van der Waals surface area contributed by atoms with Crippen LogP contribution in [0.3, 0.4) is 0 Å². The molecule has 0 fully saturated rings. The SMILES string of the molecule is Cc1ccc(C)c(C(=O)CCC(=O)OCc2cc(=O)oc3cc(C)c(Cl)cc23)c1. The molecule has 0 saturated heterocycles. The Morgan fingerprint density at radius 3 is 2.52 bits per heavy atom. The maximum absolute atomic E-state index is 12.4. The van der Waals surface area contributed by atoms with Crippen LogP contribution in [-0.2, 0) is 16.1 Å². The first kappa shape index (κ1) is 20.8. The van der Waals surface area contributed by atoms with Gasteiger partial charge in [0.2, 0.25) is 0 Å². The van der Waals surface area contributed by atoms with Gasteiger partial charge in [0.1, 0.15) is 12.2 Å². The number of Topliss-reactive ketones (excluding diaryl/α,β-unsaturated/α-hetero) is 1. The lowest BCUT2D eigenvalue weighted by atomic mass is 9.99. The number of halogens is 1. The van der Waals surface area contributed by atoms with Crippen molar-refractivity contribution in [2.45, 2.75) is 40.2 Å². The number of fused-ring (bicyclic) bond motifs is 1. The zero-order chi connectivity index (χ0) is 21.1. The molecule has 1 heterocycles. The van der Waals surface area contributed by atoms with E-state index in [4.69, 9.17) is 20.8 Å². The van der Waals surface area contributed by atoms with Crippen molar-refractivity contribution in [3.8, 4) is 0 Å². The number of ketones is 1. The number of esters is 1. The van der Waals surface area contributed by atoms with Crippen molar-refractivity contribution in [2.24, 2.45) is 0 Å². The summed E-state index contributed by atoms with van der Waals surface area (Å²) in [4.78, 5) is 36.3. The van der Waals surface area contributed by atoms with Gasteiger partial charge in [-0.1, -0.05) is 29.3 Å². The van der Waals surface area contributed by atoms with Gasteiger partial charge in [-0.15, -0.1) is 0 Å². The van der Waals surface area contributed by atoms with Gasteiger partial charge in [0.15, 0.2) is 5.78 Å². The van der Waals surface area contributed by atoms with E-state index in [-0.39, 0.29) is 25.2 Å². The van der Waals surface area contributed by atoms with Crippen LogP contribution < -0.4 is 5.63 Å². The molecule has 6 heteroatoms. The van der Waals surface area contributed by atoms with Gasteiger partial charge in [-0.3, -0.25) is 9.59 Å². The van der Waals surface area contributed by atoms with E-state index >= 15 is 0 Å². The highest BCUT2D eigenvalue weighted by Gasteiger charge is 2.14. The minimum Gasteiger partial charge on any atom is -0.461 e. The molecule has 0 aliphatic carbocycles. The Balaban J connectivity index is 1.67. The molecule has 0 aliphatic heterocycles. The number of rotatable bonds is 6. The zero-order valence-corrected chi connectivity index (χ0v) is 17.3. The molecule has 0 bridgehead atoms. The van der Waals surface area contributed by atoms with E-state index in [0.29, 0.717) is 27.1 Å². The van der Waals surface area contributed by atoms with Crippen LogP contribution >= 0.6 is 11.6 Å². The molecular formula is C23H21ClO5. The number of aryl methyl sites for hydroxylation is 3. The second-order valence-electron chi connectivity index (χ2n) is 7.09. The molecule has 150 valence electrons. The monoisotopic (exact) mass is 412 g/mol. The van der Waals surface area contributed by atoms with E-state index in [1.165, 1.54) is 6.07 Å². The lowest BCUT2D eigenvalue weighted by Gasteiger charge is -2.09. The summed E-state index contributed by atoms with van der Waals surface area (Å²) in [5.74, 6) is -0.612. The van der Waals surface area contributed by atoms with Crippen molar-refractivity contribution in [1.29, 1.82) is 0 Å². The van der Waals surface area contributed by atoms with Crippen molar-refractivity contribution in [3.05, 3.63) is 79.7 Å². The predicted molar refractivity (Wildman–Crippen MR) is 112 cm³/mol. The van der Waals surface area contributed by atoms with Crippen LogP contribution in [0.4, 0.5) is 0 Å². The number of hydrogen-bond acceptors (Lipinski definition) is 5. The Labute approximate surface area is 173 Å². The molecule has 0 radical (unpaired) electrons. The quantitative estimate of drug-likeness (QED) is 0.320. The van der Waals surface area contributed by atoms with Crippen molar-refractivity contribution in [3.63, 3.8) is 0 Å². The molecule has 0 spiro atoms. The maximum atomic E-state index is 12.4. The van der Waals surface area contributed by atoms with E-state index in [0.717, 1.165) is 16.7 Å². The van der Waals surface area contributed by atoms with Crippen LogP contribution in [0, 0.1) is 20.8 Å². The summed E-state index contributed by atoms with van der Waals surface area (Å²) in [6.45, 7) is 5.49. The Morgan fingerprint density at radius 2 is 1.76 bits per heavy atom. The standard InChI is InChI=1S/C23H21ClO5/c1-13-4-5-14(2)17(8-13)20(25)6-7-22(26)28-12-16-10-23(27)29-21-9-15(3)19(24)11-18(16)21/h4-5,8-11H,6-7,12H2,1-3H3. The number of carbonyl (C=O) groups excluding carboxylic acids is 2. The molecule has 2 aromatic carbocycles. The van der Waals surface area contributed by atoms with Crippen LogP contribution in [0.2, 0.25) is 5.02 Å². The first-order valence-electron chi connectivity index (χ1n) is 9.23. The third-order valence-corrected chi connectivity index (χ3v) is 5.15. The van der Waals surface area contributed by atoms with Gasteiger partial charge in [0.25, 0.3) is 0 Å². The smallest absolute Gasteiger partial charge is 0.336 e. The summed E-state index contributed by atoms with van der Waals surface area (Å²) in [5, 5.41) is 1.14. The first-order chi connectivity index (χ1) is 13.7. The zero-order valence-electron chi connectivity index (χ0n) is 16.5. The summed E-state index contributed by atoms with van der Waals surface area (Å²) in [6.07, 6.45) is 0.0251. The first-order valence-corrected chi connectivity index (χ1v) is 9.61. The Bertz CT molecular complexity index is 1160. The normalized spacial score (nSPS) is 10.9. The van der Waals surface area contributed by atoms with Gasteiger partial charge in [0, 0.05) is 34.0 Å². The minimum absolute atomic E-state index is 0.0363. The van der Waals surface area contributed by atoms with Crippen molar-refractivity contribution in [1.82, 2.24) is 0 Å². The molecular weight excluding hydrogens is 392 g/mol.